The predicted molar refractivity (Wildman–Crippen MR) is 124 cm³/mol. The first-order valence-electron chi connectivity index (χ1n) is 11.2. The van der Waals surface area contributed by atoms with Crippen molar-refractivity contribution in [3.05, 3.63) is 64.7 Å². The Labute approximate surface area is 188 Å². The van der Waals surface area contributed by atoms with Gasteiger partial charge in [-0.2, -0.15) is 5.26 Å². The van der Waals surface area contributed by atoms with E-state index in [9.17, 15) is 9.59 Å². The smallest absolute Gasteiger partial charge is 0.319 e. The number of likely N-dealkylation sites (tertiary alicyclic amines) is 1. The first kappa shape index (κ1) is 21.8. The van der Waals surface area contributed by atoms with Crippen molar-refractivity contribution in [2.45, 2.75) is 38.1 Å². The normalized spacial score (nSPS) is 18.8. The lowest BCUT2D eigenvalue weighted by Crippen LogP contribution is -2.39. The lowest BCUT2D eigenvalue weighted by Gasteiger charge is -2.32. The van der Waals surface area contributed by atoms with E-state index >= 15 is 0 Å². The molecule has 7 heteroatoms. The molecule has 2 aliphatic heterocycles. The van der Waals surface area contributed by atoms with Gasteiger partial charge < -0.3 is 20.9 Å². The molecule has 0 unspecified atom stereocenters. The number of aryl methyl sites for hydroxylation is 1. The molecular formula is C25H29N5O2. The molecule has 2 aliphatic rings. The molecule has 0 bridgehead atoms. The fraction of sp³-hybridized carbons (Fsp3) is 0.400. The Balaban J connectivity index is 1.36. The zero-order chi connectivity index (χ0) is 22.5. The van der Waals surface area contributed by atoms with E-state index in [-0.39, 0.29) is 18.0 Å². The molecule has 1 atom stereocenters. The van der Waals surface area contributed by atoms with Crippen molar-refractivity contribution >= 4 is 17.6 Å². The summed E-state index contributed by atoms with van der Waals surface area (Å²) in [5, 5.41) is 18.1. The number of nitrogens with zero attached hydrogens (tertiary/aromatic N) is 2. The maximum atomic E-state index is 13.1. The molecule has 7 nitrogen and oxygen atoms in total. The molecule has 2 fully saturated rings. The van der Waals surface area contributed by atoms with Crippen molar-refractivity contribution in [1.82, 2.24) is 15.5 Å². The first-order valence-corrected chi connectivity index (χ1v) is 11.2. The minimum Gasteiger partial charge on any atom is -0.339 e. The summed E-state index contributed by atoms with van der Waals surface area (Å²) >= 11 is 0. The van der Waals surface area contributed by atoms with Gasteiger partial charge in [0.2, 0.25) is 0 Å². The Bertz CT molecular complexity index is 1010. The molecule has 0 aliphatic carbocycles. The van der Waals surface area contributed by atoms with Crippen molar-refractivity contribution in [3.63, 3.8) is 0 Å². The van der Waals surface area contributed by atoms with Gasteiger partial charge in [-0.3, -0.25) is 4.79 Å². The van der Waals surface area contributed by atoms with Crippen LogP contribution in [0.1, 0.15) is 52.2 Å². The fourth-order valence-electron chi connectivity index (χ4n) is 4.44. The molecule has 3 N–H and O–H groups in total. The molecular weight excluding hydrogens is 402 g/mol. The molecule has 2 saturated heterocycles. The van der Waals surface area contributed by atoms with Crippen molar-refractivity contribution < 1.29 is 9.59 Å². The first-order chi connectivity index (χ1) is 15.5. The van der Waals surface area contributed by atoms with Crippen LogP contribution in [0.3, 0.4) is 0 Å². The SMILES string of the molecule is Cc1ccc(C(=O)N2CCC(c3ccc(C#N)cc3)CC2)cc1NC(=O)N[C@H]1CCNC1. The molecule has 2 aromatic carbocycles. The summed E-state index contributed by atoms with van der Waals surface area (Å²) in [6.07, 6.45) is 2.71. The van der Waals surface area contributed by atoms with Crippen LogP contribution in [0.5, 0.6) is 0 Å². The van der Waals surface area contributed by atoms with Gasteiger partial charge in [-0.05, 0) is 74.0 Å². The molecule has 0 saturated carbocycles. The predicted octanol–water partition coefficient (Wildman–Crippen LogP) is 3.37. The molecule has 2 heterocycles. The van der Waals surface area contributed by atoms with Crippen LogP contribution in [-0.2, 0) is 0 Å². The third-order valence-corrected chi connectivity index (χ3v) is 6.42. The van der Waals surface area contributed by atoms with E-state index in [1.54, 1.807) is 6.07 Å². The Morgan fingerprint density at radius 3 is 2.50 bits per heavy atom. The van der Waals surface area contributed by atoms with Gasteiger partial charge in [-0.15, -0.1) is 0 Å². The zero-order valence-corrected chi connectivity index (χ0v) is 18.4. The van der Waals surface area contributed by atoms with Gasteiger partial charge in [-0.25, -0.2) is 4.79 Å². The molecule has 166 valence electrons. The van der Waals surface area contributed by atoms with E-state index < -0.39 is 0 Å². The van der Waals surface area contributed by atoms with Crippen LogP contribution in [0, 0.1) is 18.3 Å². The van der Waals surface area contributed by atoms with Crippen LogP contribution in [0.25, 0.3) is 0 Å². The number of benzene rings is 2. The van der Waals surface area contributed by atoms with Gasteiger partial charge in [0, 0.05) is 36.9 Å². The number of nitrogens with one attached hydrogen (secondary N) is 3. The number of amides is 3. The lowest BCUT2D eigenvalue weighted by atomic mass is 9.89. The molecule has 0 spiro atoms. The van der Waals surface area contributed by atoms with Gasteiger partial charge in [0.05, 0.1) is 11.6 Å². The largest absolute Gasteiger partial charge is 0.339 e. The zero-order valence-electron chi connectivity index (χ0n) is 18.4. The molecule has 0 aromatic heterocycles. The fourth-order valence-corrected chi connectivity index (χ4v) is 4.44. The standard InChI is InChI=1S/C25H29N5O2/c1-17-2-5-21(14-23(17)29-25(32)28-22-8-11-27-16-22)24(31)30-12-9-20(10-13-30)19-6-3-18(15-26)4-7-19/h2-7,14,20,22,27H,8-13,16H2,1H3,(H2,28,29,32)/t22-/m0/s1. The molecule has 0 radical (unpaired) electrons. The molecule has 2 aromatic rings. The van der Waals surface area contributed by atoms with E-state index in [2.05, 4.69) is 22.0 Å². The number of urea groups is 1. The quantitative estimate of drug-likeness (QED) is 0.691. The number of anilines is 1. The number of carbonyl (C=O) groups excluding carboxylic acids is 2. The van der Waals surface area contributed by atoms with E-state index in [1.807, 2.05) is 48.2 Å². The summed E-state index contributed by atoms with van der Waals surface area (Å²) < 4.78 is 0. The highest BCUT2D eigenvalue weighted by molar-refractivity contribution is 5.97. The van der Waals surface area contributed by atoms with E-state index in [1.165, 1.54) is 5.56 Å². The van der Waals surface area contributed by atoms with E-state index in [0.29, 0.717) is 35.8 Å². The monoisotopic (exact) mass is 431 g/mol. The second-order valence-electron chi connectivity index (χ2n) is 8.62. The van der Waals surface area contributed by atoms with Crippen LogP contribution in [0.2, 0.25) is 0 Å². The van der Waals surface area contributed by atoms with Crippen LogP contribution in [0.4, 0.5) is 10.5 Å². The molecule has 32 heavy (non-hydrogen) atoms. The Morgan fingerprint density at radius 2 is 1.84 bits per heavy atom. The highest BCUT2D eigenvalue weighted by atomic mass is 16.2. The maximum Gasteiger partial charge on any atom is 0.319 e. The maximum absolute atomic E-state index is 13.1. The highest BCUT2D eigenvalue weighted by Crippen LogP contribution is 2.29. The number of nitriles is 1. The van der Waals surface area contributed by atoms with Crippen LogP contribution in [0.15, 0.2) is 42.5 Å². The summed E-state index contributed by atoms with van der Waals surface area (Å²) in [6.45, 7) is 4.99. The van der Waals surface area contributed by atoms with Crippen molar-refractivity contribution in [2.24, 2.45) is 0 Å². The van der Waals surface area contributed by atoms with Gasteiger partial charge in [-0.1, -0.05) is 18.2 Å². The Hall–Kier alpha value is -3.37. The third kappa shape index (κ3) is 5.09. The van der Waals surface area contributed by atoms with Crippen LogP contribution >= 0.6 is 0 Å². The van der Waals surface area contributed by atoms with Gasteiger partial charge >= 0.3 is 6.03 Å². The van der Waals surface area contributed by atoms with Gasteiger partial charge in [0.15, 0.2) is 0 Å². The highest BCUT2D eigenvalue weighted by Gasteiger charge is 2.25. The van der Waals surface area contributed by atoms with Crippen LogP contribution in [-0.4, -0.2) is 49.1 Å². The van der Waals surface area contributed by atoms with E-state index in [0.717, 1.165) is 37.9 Å². The number of hydrogen-bond acceptors (Lipinski definition) is 4. The Morgan fingerprint density at radius 1 is 1.09 bits per heavy atom. The average molecular weight is 432 g/mol. The molecule has 4 rings (SSSR count). The summed E-state index contributed by atoms with van der Waals surface area (Å²) in [5.41, 5.74) is 4.05. The number of hydrogen-bond donors (Lipinski definition) is 3. The second-order valence-corrected chi connectivity index (χ2v) is 8.62. The lowest BCUT2D eigenvalue weighted by molar-refractivity contribution is 0.0713. The third-order valence-electron chi connectivity index (χ3n) is 6.42. The average Bonchev–Trinajstić information content (AvgIpc) is 3.33. The second kappa shape index (κ2) is 9.84. The van der Waals surface area contributed by atoms with Gasteiger partial charge in [0.1, 0.15) is 0 Å². The van der Waals surface area contributed by atoms with Crippen molar-refractivity contribution in [1.29, 1.82) is 5.26 Å². The Kier molecular flexibility index (Phi) is 6.72. The number of piperidine rings is 1. The summed E-state index contributed by atoms with van der Waals surface area (Å²) in [7, 11) is 0. The summed E-state index contributed by atoms with van der Waals surface area (Å²) in [6, 6.07) is 15.3. The summed E-state index contributed by atoms with van der Waals surface area (Å²) in [5.74, 6) is 0.391. The number of rotatable bonds is 4. The topological polar surface area (TPSA) is 97.3 Å². The van der Waals surface area contributed by atoms with Crippen molar-refractivity contribution in [2.75, 3.05) is 31.5 Å². The minimum absolute atomic E-state index is 0.00766. The van der Waals surface area contributed by atoms with Crippen molar-refractivity contribution in [3.8, 4) is 6.07 Å². The summed E-state index contributed by atoms with van der Waals surface area (Å²) in [4.78, 5) is 27.3. The minimum atomic E-state index is -0.241. The van der Waals surface area contributed by atoms with Gasteiger partial charge in [0.25, 0.3) is 5.91 Å². The van der Waals surface area contributed by atoms with Crippen LogP contribution < -0.4 is 16.0 Å². The van der Waals surface area contributed by atoms with E-state index in [4.69, 9.17) is 5.26 Å². The molecule has 3 amide bonds. The number of carbonyl (C=O) groups is 2.